The highest BCUT2D eigenvalue weighted by molar-refractivity contribution is 6.67. The van der Waals surface area contributed by atoms with Crippen LogP contribution in [0.4, 0.5) is 0 Å². The minimum Gasteiger partial charge on any atom is -0.472 e. The van der Waals surface area contributed by atoms with Gasteiger partial charge in [-0.05, 0) is 29.7 Å². The summed E-state index contributed by atoms with van der Waals surface area (Å²) in [5.41, 5.74) is 2.38. The smallest absolute Gasteiger partial charge is 0.252 e. The molecule has 2 aromatic rings. The van der Waals surface area contributed by atoms with Gasteiger partial charge in [-0.3, -0.25) is 9.48 Å². The predicted octanol–water partition coefficient (Wildman–Crippen LogP) is 2.94. The normalized spacial score (nSPS) is 10.5. The molecule has 19 heavy (non-hydrogen) atoms. The molecule has 0 aliphatic carbocycles. The number of hydrogen-bond donors (Lipinski definition) is 0. The van der Waals surface area contributed by atoms with E-state index in [2.05, 4.69) is 5.10 Å². The van der Waals surface area contributed by atoms with Crippen molar-refractivity contribution in [2.75, 3.05) is 0 Å². The highest BCUT2D eigenvalue weighted by Crippen LogP contribution is 2.20. The molecule has 0 saturated carbocycles. The van der Waals surface area contributed by atoms with Gasteiger partial charge in [-0.2, -0.15) is 0 Å². The summed E-state index contributed by atoms with van der Waals surface area (Å²) in [6, 6.07) is 7.29. The van der Waals surface area contributed by atoms with Gasteiger partial charge in [0.2, 0.25) is 5.88 Å². The van der Waals surface area contributed by atoms with E-state index in [1.54, 1.807) is 23.0 Å². The molecular formula is C14H15ClN2O2. The molecule has 100 valence electrons. The molecule has 1 heterocycles. The van der Waals surface area contributed by atoms with Gasteiger partial charge in [0.05, 0.1) is 0 Å². The minimum atomic E-state index is -0.463. The number of benzene rings is 1. The molecular weight excluding hydrogens is 264 g/mol. The number of nitrogens with zero attached hydrogens (tertiary/aromatic N) is 2. The summed E-state index contributed by atoms with van der Waals surface area (Å²) in [6.07, 6.45) is 2.62. The topological polar surface area (TPSA) is 44.1 Å². The van der Waals surface area contributed by atoms with Gasteiger partial charge in [0.15, 0.2) is 0 Å². The third kappa shape index (κ3) is 3.15. The Bertz CT molecular complexity index is 593. The largest absolute Gasteiger partial charge is 0.472 e. The summed E-state index contributed by atoms with van der Waals surface area (Å²) in [5, 5.41) is 3.67. The van der Waals surface area contributed by atoms with E-state index in [1.165, 1.54) is 0 Å². The van der Waals surface area contributed by atoms with Crippen molar-refractivity contribution in [1.82, 2.24) is 9.78 Å². The molecule has 0 aliphatic rings. The highest BCUT2D eigenvalue weighted by atomic mass is 35.5. The number of rotatable bonds is 5. The first-order chi connectivity index (χ1) is 9.11. The van der Waals surface area contributed by atoms with Crippen molar-refractivity contribution in [2.45, 2.75) is 20.0 Å². The lowest BCUT2D eigenvalue weighted by Crippen LogP contribution is -2.06. The van der Waals surface area contributed by atoms with Crippen LogP contribution in [-0.4, -0.2) is 15.0 Å². The van der Waals surface area contributed by atoms with E-state index in [9.17, 15) is 4.79 Å². The van der Waals surface area contributed by atoms with Crippen LogP contribution in [0, 0.1) is 0 Å². The molecule has 0 atom stereocenters. The summed E-state index contributed by atoms with van der Waals surface area (Å²) < 4.78 is 7.26. The van der Waals surface area contributed by atoms with Gasteiger partial charge in [-0.1, -0.05) is 19.1 Å². The standard InChI is InChI=1S/C14H15ClN2O2/c1-3-10-5-4-6-11(14(15)18)12(10)9-19-13-7-8-17(2)16-13/h4-8H,3,9H2,1-2H3. The fraction of sp³-hybridized carbons (Fsp3) is 0.286. The molecule has 0 spiro atoms. The lowest BCUT2D eigenvalue weighted by Gasteiger charge is -2.11. The van der Waals surface area contributed by atoms with Crippen LogP contribution in [0.25, 0.3) is 0 Å². The van der Waals surface area contributed by atoms with Crippen molar-refractivity contribution in [3.8, 4) is 5.88 Å². The quantitative estimate of drug-likeness (QED) is 0.790. The van der Waals surface area contributed by atoms with Crippen LogP contribution in [0.1, 0.15) is 28.4 Å². The van der Waals surface area contributed by atoms with Crippen molar-refractivity contribution >= 4 is 16.8 Å². The van der Waals surface area contributed by atoms with Crippen molar-refractivity contribution in [3.05, 3.63) is 47.2 Å². The van der Waals surface area contributed by atoms with E-state index in [-0.39, 0.29) is 6.61 Å². The molecule has 0 unspecified atom stereocenters. The minimum absolute atomic E-state index is 0.287. The Morgan fingerprint density at radius 2 is 2.21 bits per heavy atom. The SMILES string of the molecule is CCc1cccc(C(=O)Cl)c1COc1ccn(C)n1. The molecule has 0 aliphatic heterocycles. The zero-order valence-electron chi connectivity index (χ0n) is 10.9. The molecule has 5 heteroatoms. The maximum atomic E-state index is 11.4. The molecule has 0 bridgehead atoms. The van der Waals surface area contributed by atoms with Gasteiger partial charge in [0, 0.05) is 30.4 Å². The summed E-state index contributed by atoms with van der Waals surface area (Å²) in [4.78, 5) is 11.4. The van der Waals surface area contributed by atoms with Crippen LogP contribution in [-0.2, 0) is 20.1 Å². The molecule has 2 rings (SSSR count). The van der Waals surface area contributed by atoms with E-state index in [0.29, 0.717) is 11.4 Å². The van der Waals surface area contributed by atoms with Gasteiger partial charge >= 0.3 is 0 Å². The van der Waals surface area contributed by atoms with Gasteiger partial charge in [0.1, 0.15) is 6.61 Å². The average Bonchev–Trinajstić information content (AvgIpc) is 2.81. The zero-order chi connectivity index (χ0) is 13.8. The maximum Gasteiger partial charge on any atom is 0.252 e. The third-order valence-corrected chi connectivity index (χ3v) is 3.12. The Morgan fingerprint density at radius 3 is 2.79 bits per heavy atom. The predicted molar refractivity (Wildman–Crippen MR) is 73.5 cm³/mol. The van der Waals surface area contributed by atoms with Crippen molar-refractivity contribution < 1.29 is 9.53 Å². The van der Waals surface area contributed by atoms with E-state index >= 15 is 0 Å². The Hall–Kier alpha value is -1.81. The van der Waals surface area contributed by atoms with Gasteiger partial charge in [0.25, 0.3) is 5.24 Å². The molecule has 1 aromatic heterocycles. The van der Waals surface area contributed by atoms with E-state index in [0.717, 1.165) is 17.5 Å². The number of halogens is 1. The molecule has 0 amide bonds. The summed E-state index contributed by atoms with van der Waals surface area (Å²) in [6.45, 7) is 2.32. The van der Waals surface area contributed by atoms with Crippen LogP contribution < -0.4 is 4.74 Å². The second-order valence-corrected chi connectivity index (χ2v) is 4.53. The van der Waals surface area contributed by atoms with Crippen molar-refractivity contribution in [3.63, 3.8) is 0 Å². The summed E-state index contributed by atoms with van der Waals surface area (Å²) >= 11 is 5.61. The van der Waals surface area contributed by atoms with Gasteiger partial charge in [-0.25, -0.2) is 0 Å². The lowest BCUT2D eigenvalue weighted by atomic mass is 10.0. The van der Waals surface area contributed by atoms with Crippen LogP contribution in [0.2, 0.25) is 0 Å². The Labute approximate surface area is 116 Å². The van der Waals surface area contributed by atoms with Crippen molar-refractivity contribution in [2.24, 2.45) is 7.05 Å². The van der Waals surface area contributed by atoms with E-state index in [1.807, 2.05) is 26.1 Å². The average molecular weight is 279 g/mol. The second kappa shape index (κ2) is 5.89. The molecule has 0 N–H and O–H groups in total. The van der Waals surface area contributed by atoms with Gasteiger partial charge < -0.3 is 4.74 Å². The number of carbonyl (C=O) groups excluding carboxylic acids is 1. The van der Waals surface area contributed by atoms with Crippen LogP contribution in [0.3, 0.4) is 0 Å². The van der Waals surface area contributed by atoms with Crippen molar-refractivity contribution in [1.29, 1.82) is 0 Å². The Balaban J connectivity index is 2.25. The summed E-state index contributed by atoms with van der Waals surface area (Å²) in [7, 11) is 1.82. The third-order valence-electron chi connectivity index (χ3n) is 2.92. The zero-order valence-corrected chi connectivity index (χ0v) is 11.6. The van der Waals surface area contributed by atoms with Gasteiger partial charge in [-0.15, -0.1) is 5.10 Å². The number of aryl methyl sites for hydroxylation is 2. The first-order valence-electron chi connectivity index (χ1n) is 6.05. The maximum absolute atomic E-state index is 11.4. The first kappa shape index (κ1) is 13.6. The number of ether oxygens (including phenoxy) is 1. The Morgan fingerprint density at radius 1 is 1.42 bits per heavy atom. The van der Waals surface area contributed by atoms with E-state index < -0.39 is 5.24 Å². The van der Waals surface area contributed by atoms with Crippen LogP contribution in [0.15, 0.2) is 30.5 Å². The molecule has 1 aromatic carbocycles. The van der Waals surface area contributed by atoms with E-state index in [4.69, 9.17) is 16.3 Å². The first-order valence-corrected chi connectivity index (χ1v) is 6.42. The number of hydrogen-bond acceptors (Lipinski definition) is 3. The monoisotopic (exact) mass is 278 g/mol. The highest BCUT2D eigenvalue weighted by Gasteiger charge is 2.13. The van der Waals surface area contributed by atoms with Crippen LogP contribution in [0.5, 0.6) is 5.88 Å². The number of aromatic nitrogens is 2. The second-order valence-electron chi connectivity index (χ2n) is 4.19. The molecule has 0 fully saturated rings. The fourth-order valence-electron chi connectivity index (χ4n) is 1.94. The fourth-order valence-corrected chi connectivity index (χ4v) is 2.11. The lowest BCUT2D eigenvalue weighted by molar-refractivity contribution is 0.107. The number of carbonyl (C=O) groups is 1. The summed E-state index contributed by atoms with van der Waals surface area (Å²) in [5.74, 6) is 0.529. The van der Waals surface area contributed by atoms with Crippen LogP contribution >= 0.6 is 11.6 Å². The Kier molecular flexibility index (Phi) is 4.22. The molecule has 4 nitrogen and oxygen atoms in total. The molecule has 0 saturated heterocycles. The molecule has 0 radical (unpaired) electrons.